The predicted octanol–water partition coefficient (Wildman–Crippen LogP) is 11.0. The van der Waals surface area contributed by atoms with Crippen LogP contribution in [0.5, 0.6) is 46.0 Å². The molecule has 24 atom stereocenters. The van der Waals surface area contributed by atoms with Gasteiger partial charge in [-0.15, -0.1) is 0 Å². The first kappa shape index (κ1) is 90.7. The highest BCUT2D eigenvalue weighted by molar-refractivity contribution is 5.91. The number of rotatable bonds is 4. The van der Waals surface area contributed by atoms with Gasteiger partial charge in [-0.3, -0.25) is 14.4 Å². The summed E-state index contributed by atoms with van der Waals surface area (Å²) in [6, 6.07) is 26.4. The molecule has 732 valence electrons. The van der Waals surface area contributed by atoms with Gasteiger partial charge in [0.15, 0.2) is 47.2 Å². The number of benzene rings is 6. The number of aromatic hydroxyl groups is 2. The van der Waals surface area contributed by atoms with E-state index in [-0.39, 0.29) is 119 Å². The van der Waals surface area contributed by atoms with Crippen LogP contribution in [0.25, 0.3) is 0 Å². The van der Waals surface area contributed by atoms with Crippen molar-refractivity contribution in [3.05, 3.63) is 198 Å². The number of ether oxygens (including phenoxy) is 6. The third-order valence-electron chi connectivity index (χ3n) is 43.5. The Balaban J connectivity index is 0.0000000878. The van der Waals surface area contributed by atoms with Crippen molar-refractivity contribution in [3.63, 3.8) is 0 Å². The molecule has 0 radical (unpaired) electrons. The zero-order chi connectivity index (χ0) is 96.3. The molecule has 12 fully saturated rings. The van der Waals surface area contributed by atoms with Crippen LogP contribution in [-0.2, 0) is 112 Å². The quantitative estimate of drug-likeness (QED) is 0.0602. The summed E-state index contributed by atoms with van der Waals surface area (Å²) in [6.07, 6.45) is 21.0. The second-order valence-corrected chi connectivity index (χ2v) is 50.8. The number of quaternary nitrogens is 6. The number of likely N-dealkylation sites (tertiary alicyclic amines) is 6. The lowest BCUT2D eigenvalue weighted by atomic mass is 9.48. The Hall–Kier alpha value is -8.53. The van der Waals surface area contributed by atoms with Gasteiger partial charge in [0.1, 0.15) is 76.1 Å². The van der Waals surface area contributed by atoms with E-state index in [1.807, 2.05) is 36.4 Å². The van der Waals surface area contributed by atoms with E-state index in [1.165, 1.54) is 99.1 Å². The van der Waals surface area contributed by atoms with Crippen molar-refractivity contribution >= 4 is 17.3 Å². The van der Waals surface area contributed by atoms with Gasteiger partial charge in [-0.2, -0.15) is 0 Å². The fourth-order valence-corrected chi connectivity index (χ4v) is 36.8. The third kappa shape index (κ3) is 11.3. The van der Waals surface area contributed by atoms with Gasteiger partial charge in [-0.1, -0.05) is 62.2 Å². The smallest absolute Gasteiger partial charge is 0.174 e. The Bertz CT molecular complexity index is 6310. The Morgan fingerprint density at radius 1 is 0.312 bits per heavy atom. The van der Waals surface area contributed by atoms with Crippen LogP contribution in [0.1, 0.15) is 205 Å². The summed E-state index contributed by atoms with van der Waals surface area (Å²) >= 11 is 0. The standard InChI is InChI=1S/C20H26NO3.C20H26NO2.C19H24NO4.C19H24NO3.C19H23NO2.C18H21NO3/c1-12-6-7-20(23)16-10-14-13(11-22)4-5-15-17(14)19(20,18(12)24-15)8-9-21(16,2)3;1-12-4-6-15-16-10-14-13(11-22)5-7-17-18(14)20(15,19(12)23-17)8-9-21(16,2)3;1-20(2)8-7-18-15-11-3-4-12(10-21)16(15)24-17(18)13(22)5-6-19(18,23)14(20)9-11;1-20(2)8-7-19-13-5-6-15(22)18(19)23-17-12(10-21)4-3-11(16(17)19)9-14(13)20;1-11-4-5-13-14-10-12-15(21)6-7-16-17(12)19(13,18(11)22-16)8-9-20(14,2)3;1-19(2)8-7-18-11-4-6-14(21)17(18)22-16-13(20)5-3-10(15(16)18)9-12(11)19/h4-5,16,18,22-23H,1,6-11H2,2-3H3;5,7,15-16,19,22H,1,4,6,8-11H2,2-3H3;3-4,14,17,21,23H,5-10H2,1-2H3;3-4,13-14,18,21H,5-10H2,1-2H3;6-7,13-14,18H,1,4-5,8-10H2,2-3H3;3,5,11-12,17H,4,6-9H2,1-2H3/q4*+1;;/p+2/t16?,18?,19-,20?;15?,16?,19?,20-;14?,17?,18-,19?;2*13?,14?,18?,19-;11?,12?,17?,18-/m001101/s1. The number of phenolic OH excluding ortho intramolecular Hbond substituents is 2. The molecule has 30 rings (SSSR count). The SMILES string of the molecule is C=C1CCC2(O)C3Cc4c(CO)ccc5c4[C@@]2(CC[N+]3(C)C)C1O5.C=C1CCC2C3Cc4c(CO)ccc5c4[C@@]2(CC[N+]3(C)C)C1O5.C=C1CCC2C3Cc4c(O)ccc5c4[C@@]2(CC[N+]3(C)C)C1O5.C[N+]1(C)CC[C@@]23c4c5ccc(CO)c4OC2C(=O)CCC3(O)C1C5.C[N+]1(C)CC[C@@]23c4c5ccc(CO)c4OC2C(=O)CCC3C1C5.C[N+]1(C)CC[C@@]23c4c5ccc(O)c4OC2C(=O)CCC3C1C5. The van der Waals surface area contributed by atoms with Crippen molar-refractivity contribution in [2.24, 2.45) is 23.7 Å². The van der Waals surface area contributed by atoms with Gasteiger partial charge in [0.2, 0.25) is 0 Å². The minimum atomic E-state index is -0.917. The molecule has 23 nitrogen and oxygen atoms in total. The van der Waals surface area contributed by atoms with E-state index >= 15 is 0 Å². The summed E-state index contributed by atoms with van der Waals surface area (Å²) in [5, 5.41) is 83.9. The first-order valence-corrected chi connectivity index (χ1v) is 52.3. The first-order chi connectivity index (χ1) is 65.6. The van der Waals surface area contributed by atoms with Crippen LogP contribution in [0.4, 0.5) is 0 Å². The highest BCUT2D eigenvalue weighted by Gasteiger charge is 2.80. The predicted molar refractivity (Wildman–Crippen MR) is 518 cm³/mol. The second kappa shape index (κ2) is 29.6. The van der Waals surface area contributed by atoms with Crippen LogP contribution in [-0.4, -0.2) is 293 Å². The molecule has 18 unspecified atom stereocenters. The number of carbonyl (C=O) groups is 3. The lowest BCUT2D eigenvalue weighted by Gasteiger charge is -2.64. The molecular formula is C115H146N6O17+6. The Labute approximate surface area is 812 Å². The molecule has 6 saturated carbocycles. The molecule has 12 heterocycles. The average molecular weight is 1880 g/mol. The second-order valence-electron chi connectivity index (χ2n) is 50.8. The summed E-state index contributed by atoms with van der Waals surface area (Å²) in [6.45, 7) is 19.6. The number of hydrogen-bond acceptors (Lipinski definition) is 17. The number of ketones is 3. The van der Waals surface area contributed by atoms with E-state index in [0.717, 1.165) is 224 Å². The summed E-state index contributed by atoms with van der Waals surface area (Å²) < 4.78 is 43.6. The highest BCUT2D eigenvalue weighted by atomic mass is 16.5. The van der Waals surface area contributed by atoms with Crippen LogP contribution in [0.3, 0.4) is 0 Å². The molecule has 6 aromatic carbocycles. The normalized spacial score (nSPS) is 40.0. The van der Waals surface area contributed by atoms with Gasteiger partial charge in [0.05, 0.1) is 207 Å². The number of phenols is 2. The fourth-order valence-electron chi connectivity index (χ4n) is 36.8. The maximum absolute atomic E-state index is 12.7. The monoisotopic (exact) mass is 1880 g/mol. The average Bonchev–Trinajstić information content (AvgIpc) is 1.43. The van der Waals surface area contributed by atoms with E-state index in [2.05, 4.69) is 135 Å². The molecule has 0 aromatic heterocycles. The van der Waals surface area contributed by atoms with E-state index in [1.54, 1.807) is 6.07 Å². The van der Waals surface area contributed by atoms with Gasteiger partial charge >= 0.3 is 0 Å². The number of carbonyl (C=O) groups excluding carboxylic acids is 3. The number of aliphatic hydroxyl groups is 6. The molecule has 23 heteroatoms. The summed E-state index contributed by atoms with van der Waals surface area (Å²) in [7, 11) is 27.7. The van der Waals surface area contributed by atoms with Crippen molar-refractivity contribution in [2.75, 3.05) is 124 Å². The number of piperidine rings is 6. The Morgan fingerprint density at radius 3 is 1.17 bits per heavy atom. The maximum Gasteiger partial charge on any atom is 0.174 e. The van der Waals surface area contributed by atoms with Crippen LogP contribution in [0, 0.1) is 23.7 Å². The van der Waals surface area contributed by atoms with E-state index in [9.17, 15) is 55.2 Å². The maximum atomic E-state index is 12.7. The zero-order valence-corrected chi connectivity index (χ0v) is 83.3. The number of hydrogen-bond donors (Lipinski definition) is 8. The molecule has 12 aliphatic carbocycles. The van der Waals surface area contributed by atoms with Gasteiger partial charge in [-0.05, 0) is 144 Å². The third-order valence-corrected chi connectivity index (χ3v) is 43.5. The van der Waals surface area contributed by atoms with Crippen LogP contribution in [0.2, 0.25) is 0 Å². The van der Waals surface area contributed by atoms with Crippen molar-refractivity contribution < 1.29 is 111 Å². The molecule has 12 aliphatic heterocycles. The van der Waals surface area contributed by atoms with Gasteiger partial charge in [-0.25, -0.2) is 0 Å². The molecular weight excluding hydrogens is 1740 g/mol. The number of Topliss-reactive ketones (excluding diaryl/α,β-unsaturated/α-hetero) is 3. The fraction of sp³-hybridized carbons (Fsp3) is 0.609. The largest absolute Gasteiger partial charge is 0.508 e. The lowest BCUT2D eigenvalue weighted by Crippen LogP contribution is -2.79. The molecule has 8 N–H and O–H groups in total. The molecule has 6 spiro atoms. The summed E-state index contributed by atoms with van der Waals surface area (Å²) in [4.78, 5) is 38.0. The number of likely N-dealkylation sites (N-methyl/N-ethyl adjacent to an activating group) is 6. The minimum Gasteiger partial charge on any atom is -0.508 e. The molecule has 6 saturated heterocycles. The topological polar surface area (TPSA) is 268 Å². The molecule has 6 aromatic rings. The van der Waals surface area contributed by atoms with Gasteiger partial charge in [0.25, 0.3) is 0 Å². The summed E-state index contributed by atoms with van der Waals surface area (Å²) in [5.41, 5.74) is 19.5. The van der Waals surface area contributed by atoms with E-state index in [0.29, 0.717) is 90.8 Å². The molecule has 0 amide bonds. The molecule has 138 heavy (non-hydrogen) atoms. The molecule has 24 aliphatic rings. The van der Waals surface area contributed by atoms with Gasteiger partial charge < -0.3 is 96.2 Å². The van der Waals surface area contributed by atoms with E-state index < -0.39 is 22.7 Å². The van der Waals surface area contributed by atoms with Gasteiger partial charge in [0, 0.05) is 170 Å². The van der Waals surface area contributed by atoms with Crippen molar-refractivity contribution in [2.45, 2.75) is 297 Å². The van der Waals surface area contributed by atoms with E-state index in [4.69, 9.17) is 28.4 Å². The van der Waals surface area contributed by atoms with Crippen LogP contribution in [0.15, 0.2) is 109 Å². The Morgan fingerprint density at radius 2 is 0.659 bits per heavy atom. The molecule has 12 bridgehead atoms. The van der Waals surface area contributed by atoms with Crippen LogP contribution >= 0.6 is 0 Å². The first-order valence-electron chi connectivity index (χ1n) is 52.3. The van der Waals surface area contributed by atoms with Crippen molar-refractivity contribution in [1.29, 1.82) is 0 Å². The minimum absolute atomic E-state index is 0.0186. The number of aliphatic hydroxyl groups excluding tert-OH is 4. The van der Waals surface area contributed by atoms with Crippen molar-refractivity contribution in [1.82, 2.24) is 0 Å². The van der Waals surface area contributed by atoms with Crippen molar-refractivity contribution in [3.8, 4) is 46.0 Å². The zero-order valence-electron chi connectivity index (χ0n) is 83.3. The number of nitrogens with zero attached hydrogens (tertiary/aromatic N) is 6. The van der Waals surface area contributed by atoms with Crippen LogP contribution < -0.4 is 28.4 Å². The lowest BCUT2D eigenvalue weighted by molar-refractivity contribution is -0.931. The highest BCUT2D eigenvalue weighted by Crippen LogP contribution is 2.73. The summed E-state index contributed by atoms with van der Waals surface area (Å²) in [5.74, 6) is 8.70. The Kier molecular flexibility index (Phi) is 19.5.